The number of aliphatic hydroxyl groups excluding tert-OH is 1. The summed E-state index contributed by atoms with van der Waals surface area (Å²) in [6, 6.07) is 5.83. The molecule has 4 nitrogen and oxygen atoms in total. The van der Waals surface area contributed by atoms with Gasteiger partial charge in [0, 0.05) is 23.1 Å². The van der Waals surface area contributed by atoms with E-state index in [9.17, 15) is 0 Å². The van der Waals surface area contributed by atoms with Gasteiger partial charge in [-0.1, -0.05) is 15.9 Å². The fourth-order valence-electron chi connectivity index (χ4n) is 1.76. The Labute approximate surface area is 114 Å². The average Bonchev–Trinajstić information content (AvgIpc) is 2.85. The zero-order chi connectivity index (χ0) is 13.0. The minimum atomic E-state index is 0.177. The van der Waals surface area contributed by atoms with Crippen LogP contribution in [0.5, 0.6) is 5.75 Å². The molecule has 2 N–H and O–H groups in total. The van der Waals surface area contributed by atoms with Crippen LogP contribution >= 0.6 is 15.9 Å². The van der Waals surface area contributed by atoms with Gasteiger partial charge >= 0.3 is 0 Å². The van der Waals surface area contributed by atoms with E-state index in [-0.39, 0.29) is 6.61 Å². The number of aryl methyl sites for hydroxylation is 1. The molecule has 0 aliphatic heterocycles. The van der Waals surface area contributed by atoms with Crippen LogP contribution < -0.4 is 4.74 Å². The molecule has 18 heavy (non-hydrogen) atoms. The van der Waals surface area contributed by atoms with Crippen LogP contribution in [-0.4, -0.2) is 28.8 Å². The van der Waals surface area contributed by atoms with Crippen molar-refractivity contribution < 1.29 is 9.84 Å². The van der Waals surface area contributed by atoms with Crippen molar-refractivity contribution in [1.82, 2.24) is 9.97 Å². The van der Waals surface area contributed by atoms with Gasteiger partial charge in [-0.15, -0.1) is 0 Å². The van der Waals surface area contributed by atoms with E-state index >= 15 is 0 Å². The number of rotatable bonds is 5. The maximum absolute atomic E-state index is 8.80. The molecule has 0 aliphatic carbocycles. The number of benzene rings is 1. The zero-order valence-corrected chi connectivity index (χ0v) is 11.7. The summed E-state index contributed by atoms with van der Waals surface area (Å²) in [5, 5.41) is 8.80. The van der Waals surface area contributed by atoms with E-state index in [1.54, 1.807) is 13.3 Å². The van der Waals surface area contributed by atoms with Crippen LogP contribution in [-0.2, 0) is 6.42 Å². The lowest BCUT2D eigenvalue weighted by Crippen LogP contribution is -1.92. The van der Waals surface area contributed by atoms with Crippen molar-refractivity contribution in [3.8, 4) is 17.0 Å². The molecule has 2 aromatic rings. The Morgan fingerprint density at radius 1 is 1.44 bits per heavy atom. The maximum atomic E-state index is 8.80. The molecule has 0 saturated carbocycles. The standard InChI is InChI=1S/C13H15BrN2O2/c1-18-12-5-4-9(14)7-10(12)11-8-15-13(16-11)3-2-6-17/h4-5,7-8,17H,2-3,6H2,1H3,(H,15,16). The molecule has 1 aromatic carbocycles. The predicted molar refractivity (Wildman–Crippen MR) is 73.7 cm³/mol. The van der Waals surface area contributed by atoms with E-state index in [0.29, 0.717) is 6.42 Å². The molecule has 2 rings (SSSR count). The lowest BCUT2D eigenvalue weighted by molar-refractivity contribution is 0.287. The number of aromatic nitrogens is 2. The van der Waals surface area contributed by atoms with Crippen molar-refractivity contribution in [1.29, 1.82) is 0 Å². The van der Waals surface area contributed by atoms with Crippen molar-refractivity contribution in [2.75, 3.05) is 13.7 Å². The van der Waals surface area contributed by atoms with Crippen molar-refractivity contribution in [3.05, 3.63) is 34.7 Å². The number of nitrogens with one attached hydrogen (secondary N) is 1. The van der Waals surface area contributed by atoms with Crippen LogP contribution in [0.15, 0.2) is 28.9 Å². The Morgan fingerprint density at radius 3 is 3.00 bits per heavy atom. The molecule has 96 valence electrons. The highest BCUT2D eigenvalue weighted by Crippen LogP contribution is 2.31. The number of hydrogen-bond donors (Lipinski definition) is 2. The highest BCUT2D eigenvalue weighted by molar-refractivity contribution is 9.10. The van der Waals surface area contributed by atoms with Crippen LogP contribution in [0.1, 0.15) is 12.2 Å². The highest BCUT2D eigenvalue weighted by Gasteiger charge is 2.09. The van der Waals surface area contributed by atoms with Gasteiger partial charge in [0.15, 0.2) is 0 Å². The molecule has 0 amide bonds. The molecule has 5 heteroatoms. The first-order valence-electron chi connectivity index (χ1n) is 5.73. The van der Waals surface area contributed by atoms with Crippen molar-refractivity contribution >= 4 is 15.9 Å². The first-order chi connectivity index (χ1) is 8.74. The van der Waals surface area contributed by atoms with Crippen molar-refractivity contribution in [3.63, 3.8) is 0 Å². The topological polar surface area (TPSA) is 58.1 Å². The number of H-pyrrole nitrogens is 1. The van der Waals surface area contributed by atoms with Gasteiger partial charge < -0.3 is 14.8 Å². The Bertz CT molecular complexity index is 525. The average molecular weight is 311 g/mol. The molecule has 0 atom stereocenters. The van der Waals surface area contributed by atoms with E-state index < -0.39 is 0 Å². The molecule has 1 heterocycles. The van der Waals surface area contributed by atoms with Crippen LogP contribution in [0.25, 0.3) is 11.3 Å². The SMILES string of the molecule is COc1ccc(Br)cc1-c1cnc(CCCO)[nH]1. The number of halogens is 1. The number of hydrogen-bond acceptors (Lipinski definition) is 3. The van der Waals surface area contributed by atoms with Crippen LogP contribution in [0, 0.1) is 0 Å². The molecule has 0 spiro atoms. The fraction of sp³-hybridized carbons (Fsp3) is 0.308. The molecule has 1 aromatic heterocycles. The summed E-state index contributed by atoms with van der Waals surface area (Å²) in [5.41, 5.74) is 1.88. The quantitative estimate of drug-likeness (QED) is 0.893. The third-order valence-corrected chi connectivity index (χ3v) is 3.15. The largest absolute Gasteiger partial charge is 0.496 e. The Balaban J connectivity index is 2.30. The second kappa shape index (κ2) is 6.02. The predicted octanol–water partition coefficient (Wildman–Crippen LogP) is 2.77. The van der Waals surface area contributed by atoms with Gasteiger partial charge in [0.1, 0.15) is 11.6 Å². The van der Waals surface area contributed by atoms with Crippen molar-refractivity contribution in [2.24, 2.45) is 0 Å². The smallest absolute Gasteiger partial charge is 0.128 e. The summed E-state index contributed by atoms with van der Waals surface area (Å²) >= 11 is 3.45. The van der Waals surface area contributed by atoms with Crippen LogP contribution in [0.4, 0.5) is 0 Å². The number of nitrogens with zero attached hydrogens (tertiary/aromatic N) is 1. The summed E-state index contributed by atoms with van der Waals surface area (Å²) in [7, 11) is 1.65. The second-order valence-electron chi connectivity index (χ2n) is 3.92. The lowest BCUT2D eigenvalue weighted by Gasteiger charge is -2.06. The van der Waals surface area contributed by atoms with Gasteiger partial charge in [0.2, 0.25) is 0 Å². The molecule has 0 bridgehead atoms. The third-order valence-electron chi connectivity index (χ3n) is 2.65. The first kappa shape index (κ1) is 13.1. The Kier molecular flexibility index (Phi) is 4.38. The monoisotopic (exact) mass is 310 g/mol. The summed E-state index contributed by atoms with van der Waals surface area (Å²) < 4.78 is 6.33. The highest BCUT2D eigenvalue weighted by atomic mass is 79.9. The molecule has 0 fully saturated rings. The Hall–Kier alpha value is -1.33. The molecular weight excluding hydrogens is 296 g/mol. The summed E-state index contributed by atoms with van der Waals surface area (Å²) in [4.78, 5) is 7.54. The first-order valence-corrected chi connectivity index (χ1v) is 6.52. The number of imidazole rings is 1. The van der Waals surface area contributed by atoms with E-state index in [2.05, 4.69) is 25.9 Å². The molecule has 0 unspecified atom stereocenters. The van der Waals surface area contributed by atoms with Gasteiger partial charge in [-0.2, -0.15) is 0 Å². The zero-order valence-electron chi connectivity index (χ0n) is 10.1. The molecule has 0 aliphatic rings. The summed E-state index contributed by atoms with van der Waals surface area (Å²) in [6.07, 6.45) is 3.24. The minimum Gasteiger partial charge on any atom is -0.496 e. The van der Waals surface area contributed by atoms with Gasteiger partial charge in [0.05, 0.1) is 19.0 Å². The van der Waals surface area contributed by atoms with Crippen LogP contribution in [0.2, 0.25) is 0 Å². The second-order valence-corrected chi connectivity index (χ2v) is 4.83. The number of ether oxygens (including phenoxy) is 1. The van der Waals surface area contributed by atoms with Gasteiger partial charge in [-0.05, 0) is 24.6 Å². The molecule has 0 radical (unpaired) electrons. The van der Waals surface area contributed by atoms with Gasteiger partial charge in [-0.3, -0.25) is 0 Å². The Morgan fingerprint density at radius 2 is 2.28 bits per heavy atom. The molecular formula is C13H15BrN2O2. The minimum absolute atomic E-state index is 0.177. The van der Waals surface area contributed by atoms with E-state index in [0.717, 1.165) is 33.7 Å². The number of methoxy groups -OCH3 is 1. The fourth-order valence-corrected chi connectivity index (χ4v) is 2.12. The summed E-state index contributed by atoms with van der Waals surface area (Å²) in [5.74, 6) is 1.68. The van der Waals surface area contributed by atoms with Crippen LogP contribution in [0.3, 0.4) is 0 Å². The number of aromatic amines is 1. The van der Waals surface area contributed by atoms with E-state index in [1.165, 1.54) is 0 Å². The van der Waals surface area contributed by atoms with E-state index in [4.69, 9.17) is 9.84 Å². The number of aliphatic hydroxyl groups is 1. The normalized spacial score (nSPS) is 10.6. The lowest BCUT2D eigenvalue weighted by atomic mass is 10.1. The summed E-state index contributed by atoms with van der Waals surface area (Å²) in [6.45, 7) is 0.177. The maximum Gasteiger partial charge on any atom is 0.128 e. The van der Waals surface area contributed by atoms with E-state index in [1.807, 2.05) is 18.2 Å². The van der Waals surface area contributed by atoms with Gasteiger partial charge in [0.25, 0.3) is 0 Å². The van der Waals surface area contributed by atoms with Crippen molar-refractivity contribution in [2.45, 2.75) is 12.8 Å². The third kappa shape index (κ3) is 2.91. The molecule has 0 saturated heterocycles. The van der Waals surface area contributed by atoms with Gasteiger partial charge in [-0.25, -0.2) is 4.98 Å².